The molecule has 0 saturated carbocycles. The maximum atomic E-state index is 13.0. The summed E-state index contributed by atoms with van der Waals surface area (Å²) < 4.78 is 14.0. The molecule has 0 N–H and O–H groups in total. The number of Topliss-reactive ketones (excluding diaryl/α,β-unsaturated/α-hetero) is 1. The topological polar surface area (TPSA) is 17.1 Å². The Morgan fingerprint density at radius 1 is 1.12 bits per heavy atom. The predicted molar refractivity (Wildman–Crippen MR) is 73.6 cm³/mol. The first-order valence-corrected chi connectivity index (χ1v) is 6.26. The lowest BCUT2D eigenvalue weighted by Crippen LogP contribution is -2.03. The summed E-state index contributed by atoms with van der Waals surface area (Å²) in [4.78, 5) is 11.9. The molecule has 2 aromatic rings. The van der Waals surface area contributed by atoms with Crippen LogP contribution in [0.3, 0.4) is 0 Å². The number of halogens is 2. The molecule has 2 rings (SSSR count). The third-order valence-corrected chi connectivity index (χ3v) is 3.14. The van der Waals surface area contributed by atoms with Gasteiger partial charge in [0.15, 0.2) is 5.78 Å². The number of rotatable bonds is 3. The van der Waals surface area contributed by atoms with E-state index in [1.165, 1.54) is 12.1 Å². The second-order valence-electron chi connectivity index (χ2n) is 3.74. The Bertz CT molecular complexity index is 534. The molecule has 0 spiro atoms. The molecule has 0 radical (unpaired) electrons. The summed E-state index contributed by atoms with van der Waals surface area (Å²) in [5.41, 5.74) is 1.36. The summed E-state index contributed by atoms with van der Waals surface area (Å²) in [6.45, 7) is 0. The fourth-order valence-corrected chi connectivity index (χ4v) is 1.93. The normalized spacial score (nSPS) is 10.2. The SMILES string of the molecule is O=C(Cc1cccc(F)c1)c1ccc(I)cc1. The first-order chi connectivity index (χ1) is 8.15. The Morgan fingerprint density at radius 3 is 2.47 bits per heavy atom. The second kappa shape index (κ2) is 5.40. The van der Waals surface area contributed by atoms with Crippen LogP contribution in [0.4, 0.5) is 4.39 Å². The molecule has 2 aromatic carbocycles. The van der Waals surface area contributed by atoms with Crippen molar-refractivity contribution in [2.75, 3.05) is 0 Å². The van der Waals surface area contributed by atoms with E-state index in [4.69, 9.17) is 0 Å². The number of ketones is 1. The van der Waals surface area contributed by atoms with E-state index in [2.05, 4.69) is 22.6 Å². The highest BCUT2D eigenvalue weighted by Gasteiger charge is 2.07. The van der Waals surface area contributed by atoms with Gasteiger partial charge in [-0.3, -0.25) is 4.79 Å². The van der Waals surface area contributed by atoms with Crippen LogP contribution in [0, 0.1) is 9.39 Å². The number of carbonyl (C=O) groups is 1. The quantitative estimate of drug-likeness (QED) is 0.613. The fraction of sp³-hybridized carbons (Fsp3) is 0.0714. The van der Waals surface area contributed by atoms with Crippen molar-refractivity contribution in [2.24, 2.45) is 0 Å². The Morgan fingerprint density at radius 2 is 1.82 bits per heavy atom. The third kappa shape index (κ3) is 3.36. The van der Waals surface area contributed by atoms with Gasteiger partial charge in [0.1, 0.15) is 5.82 Å². The van der Waals surface area contributed by atoms with Crippen molar-refractivity contribution in [3.8, 4) is 0 Å². The van der Waals surface area contributed by atoms with Gasteiger partial charge in [-0.1, -0.05) is 24.3 Å². The molecule has 0 aliphatic heterocycles. The molecule has 0 amide bonds. The van der Waals surface area contributed by atoms with Crippen LogP contribution in [0.25, 0.3) is 0 Å². The largest absolute Gasteiger partial charge is 0.294 e. The highest BCUT2D eigenvalue weighted by molar-refractivity contribution is 14.1. The van der Waals surface area contributed by atoms with Crippen LogP contribution in [-0.4, -0.2) is 5.78 Å². The Kier molecular flexibility index (Phi) is 3.89. The molecule has 0 fully saturated rings. The number of carbonyl (C=O) groups excluding carboxylic acids is 1. The van der Waals surface area contributed by atoms with Gasteiger partial charge in [-0.15, -0.1) is 0 Å². The van der Waals surface area contributed by atoms with Crippen LogP contribution in [0.1, 0.15) is 15.9 Å². The van der Waals surface area contributed by atoms with Gasteiger partial charge in [0.05, 0.1) is 0 Å². The van der Waals surface area contributed by atoms with Gasteiger partial charge >= 0.3 is 0 Å². The molecule has 0 bridgehead atoms. The van der Waals surface area contributed by atoms with Crippen molar-refractivity contribution in [3.05, 3.63) is 69.0 Å². The van der Waals surface area contributed by atoms with Gasteiger partial charge in [0.25, 0.3) is 0 Å². The van der Waals surface area contributed by atoms with Crippen molar-refractivity contribution in [1.29, 1.82) is 0 Å². The minimum atomic E-state index is -0.307. The first kappa shape index (κ1) is 12.2. The van der Waals surface area contributed by atoms with Crippen LogP contribution in [0.2, 0.25) is 0 Å². The zero-order valence-corrected chi connectivity index (χ0v) is 11.1. The van der Waals surface area contributed by atoms with Gasteiger partial charge in [-0.25, -0.2) is 4.39 Å². The maximum Gasteiger partial charge on any atom is 0.167 e. The predicted octanol–water partition coefficient (Wildman–Crippen LogP) is 3.86. The molecule has 86 valence electrons. The van der Waals surface area contributed by atoms with E-state index >= 15 is 0 Å². The molecule has 17 heavy (non-hydrogen) atoms. The van der Waals surface area contributed by atoms with E-state index in [-0.39, 0.29) is 18.0 Å². The van der Waals surface area contributed by atoms with Gasteiger partial charge in [-0.05, 0) is 52.4 Å². The first-order valence-electron chi connectivity index (χ1n) is 5.18. The summed E-state index contributed by atoms with van der Waals surface area (Å²) >= 11 is 2.19. The molecule has 0 heterocycles. The smallest absolute Gasteiger partial charge is 0.167 e. The van der Waals surface area contributed by atoms with E-state index < -0.39 is 0 Å². The molecular weight excluding hydrogens is 330 g/mol. The molecule has 0 unspecified atom stereocenters. The van der Waals surface area contributed by atoms with E-state index in [0.717, 1.165) is 3.57 Å². The van der Waals surface area contributed by atoms with E-state index in [1.807, 2.05) is 12.1 Å². The number of hydrogen-bond acceptors (Lipinski definition) is 1. The molecule has 0 aliphatic carbocycles. The van der Waals surface area contributed by atoms with Crippen molar-refractivity contribution in [2.45, 2.75) is 6.42 Å². The lowest BCUT2D eigenvalue weighted by atomic mass is 10.0. The summed E-state index contributed by atoms with van der Waals surface area (Å²) in [5, 5.41) is 0. The lowest BCUT2D eigenvalue weighted by Gasteiger charge is -2.02. The van der Waals surface area contributed by atoms with Crippen molar-refractivity contribution >= 4 is 28.4 Å². The van der Waals surface area contributed by atoms with Gasteiger partial charge < -0.3 is 0 Å². The summed E-state index contributed by atoms with van der Waals surface area (Å²) in [6.07, 6.45) is 0.234. The molecule has 1 nitrogen and oxygen atoms in total. The summed E-state index contributed by atoms with van der Waals surface area (Å²) in [5.74, 6) is -0.301. The lowest BCUT2D eigenvalue weighted by molar-refractivity contribution is 0.0993. The monoisotopic (exact) mass is 340 g/mol. The van der Waals surface area contributed by atoms with Crippen molar-refractivity contribution < 1.29 is 9.18 Å². The average molecular weight is 340 g/mol. The van der Waals surface area contributed by atoms with E-state index in [1.54, 1.807) is 24.3 Å². The summed E-state index contributed by atoms with van der Waals surface area (Å²) in [6, 6.07) is 13.5. The van der Waals surface area contributed by atoms with E-state index in [9.17, 15) is 9.18 Å². The highest BCUT2D eigenvalue weighted by Crippen LogP contribution is 2.11. The molecule has 3 heteroatoms. The minimum Gasteiger partial charge on any atom is -0.294 e. The fourth-order valence-electron chi connectivity index (χ4n) is 1.57. The standard InChI is InChI=1S/C14H10FIO/c15-12-3-1-2-10(8-12)9-14(17)11-4-6-13(16)7-5-11/h1-8H,9H2. The minimum absolute atomic E-state index is 0.00648. The number of benzene rings is 2. The van der Waals surface area contributed by atoms with Crippen LogP contribution >= 0.6 is 22.6 Å². The zero-order valence-electron chi connectivity index (χ0n) is 8.99. The van der Waals surface area contributed by atoms with Crippen LogP contribution in [0.15, 0.2) is 48.5 Å². The maximum absolute atomic E-state index is 13.0. The second-order valence-corrected chi connectivity index (χ2v) is 4.98. The average Bonchev–Trinajstić information content (AvgIpc) is 2.29. The van der Waals surface area contributed by atoms with Crippen LogP contribution in [0.5, 0.6) is 0 Å². The Labute approximate surface area is 113 Å². The van der Waals surface area contributed by atoms with Crippen molar-refractivity contribution in [1.82, 2.24) is 0 Å². The van der Waals surface area contributed by atoms with Gasteiger partial charge in [-0.2, -0.15) is 0 Å². The summed E-state index contributed by atoms with van der Waals surface area (Å²) in [7, 11) is 0. The molecular formula is C14H10FIO. The van der Waals surface area contributed by atoms with E-state index in [0.29, 0.717) is 11.1 Å². The van der Waals surface area contributed by atoms with Gasteiger partial charge in [0.2, 0.25) is 0 Å². The van der Waals surface area contributed by atoms with Crippen LogP contribution in [-0.2, 0) is 6.42 Å². The van der Waals surface area contributed by atoms with Crippen molar-refractivity contribution in [3.63, 3.8) is 0 Å². The molecule has 0 atom stereocenters. The third-order valence-electron chi connectivity index (χ3n) is 2.42. The highest BCUT2D eigenvalue weighted by atomic mass is 127. The van der Waals surface area contributed by atoms with Crippen LogP contribution < -0.4 is 0 Å². The Hall–Kier alpha value is -1.23. The zero-order chi connectivity index (χ0) is 12.3. The number of hydrogen-bond donors (Lipinski definition) is 0. The Balaban J connectivity index is 2.14. The van der Waals surface area contributed by atoms with Gasteiger partial charge in [0, 0.05) is 15.6 Å². The molecule has 0 saturated heterocycles. The molecule has 0 aliphatic rings. The molecule has 0 aromatic heterocycles.